The van der Waals surface area contributed by atoms with Crippen molar-refractivity contribution in [3.05, 3.63) is 0 Å². The van der Waals surface area contributed by atoms with Gasteiger partial charge >= 0.3 is 0 Å². The number of aldehydes is 1. The van der Waals surface area contributed by atoms with E-state index in [-0.39, 0.29) is 24.3 Å². The molecule has 0 bridgehead atoms. The highest BCUT2D eigenvalue weighted by molar-refractivity contribution is 5.76. The minimum atomic E-state index is -0.409. The quantitative estimate of drug-likeness (QED) is 0.108. The fourth-order valence-corrected chi connectivity index (χ4v) is 1.99. The number of hydrogen-bond donors (Lipinski definition) is 5. The third kappa shape index (κ3) is 14.8. The lowest BCUT2D eigenvalue weighted by atomic mass is 10.1. The molecule has 2 amide bonds. The Morgan fingerprint density at radius 3 is 2.38 bits per heavy atom. The van der Waals surface area contributed by atoms with Crippen molar-refractivity contribution >= 4 is 24.1 Å². The summed E-state index contributed by atoms with van der Waals surface area (Å²) < 4.78 is 0. The number of hydrogen-bond acceptors (Lipinski definition) is 5. The minimum absolute atomic E-state index is 0.0138. The van der Waals surface area contributed by atoms with Gasteiger partial charge in [0.15, 0.2) is 5.96 Å². The van der Waals surface area contributed by atoms with Crippen molar-refractivity contribution in [1.29, 1.82) is 0 Å². The minimum Gasteiger partial charge on any atom is -0.370 e. The number of primary amides is 1. The van der Waals surface area contributed by atoms with Crippen molar-refractivity contribution in [3.8, 4) is 0 Å². The van der Waals surface area contributed by atoms with E-state index < -0.39 is 5.91 Å². The maximum absolute atomic E-state index is 11.6. The standard InChI is InChI=1S/C15H30N6O3/c16-13(23)7-6-12(11-22)19-8-3-1-2-5-14(24)20-9-4-10-21-15(17)18/h11-12,19H,1-10H2,(H2,16,23)(H,20,24)(H4,17,18,21). The maximum Gasteiger partial charge on any atom is 0.219 e. The highest BCUT2D eigenvalue weighted by atomic mass is 16.2. The second-order valence-electron chi connectivity index (χ2n) is 5.52. The molecule has 0 aromatic carbocycles. The van der Waals surface area contributed by atoms with E-state index in [1.807, 2.05) is 0 Å². The zero-order valence-corrected chi connectivity index (χ0v) is 14.1. The number of carbonyl (C=O) groups excluding carboxylic acids is 3. The van der Waals surface area contributed by atoms with Crippen LogP contribution >= 0.6 is 0 Å². The molecular weight excluding hydrogens is 312 g/mol. The molecule has 0 fully saturated rings. The van der Waals surface area contributed by atoms with E-state index in [1.54, 1.807) is 0 Å². The molecule has 0 heterocycles. The summed E-state index contributed by atoms with van der Waals surface area (Å²) in [7, 11) is 0. The molecule has 8 N–H and O–H groups in total. The Morgan fingerprint density at radius 2 is 1.75 bits per heavy atom. The summed E-state index contributed by atoms with van der Waals surface area (Å²) >= 11 is 0. The molecular formula is C15H30N6O3. The number of guanidine groups is 1. The van der Waals surface area contributed by atoms with Crippen LogP contribution in [-0.4, -0.2) is 49.7 Å². The number of nitrogens with two attached hydrogens (primary N) is 3. The number of carbonyl (C=O) groups is 3. The fraction of sp³-hybridized carbons (Fsp3) is 0.733. The number of rotatable bonds is 15. The highest BCUT2D eigenvalue weighted by Crippen LogP contribution is 2.00. The van der Waals surface area contributed by atoms with Crippen molar-refractivity contribution in [3.63, 3.8) is 0 Å². The SMILES string of the molecule is NC(=O)CCC(C=O)NCCCCCC(=O)NCCCN=C(N)N. The van der Waals surface area contributed by atoms with E-state index in [2.05, 4.69) is 15.6 Å². The first-order valence-electron chi connectivity index (χ1n) is 8.24. The van der Waals surface area contributed by atoms with Crippen LogP contribution in [0.4, 0.5) is 0 Å². The van der Waals surface area contributed by atoms with Crippen LogP contribution in [0.15, 0.2) is 4.99 Å². The van der Waals surface area contributed by atoms with Crippen LogP contribution in [0.25, 0.3) is 0 Å². The molecule has 0 spiro atoms. The van der Waals surface area contributed by atoms with Gasteiger partial charge in [0.2, 0.25) is 11.8 Å². The van der Waals surface area contributed by atoms with E-state index >= 15 is 0 Å². The van der Waals surface area contributed by atoms with Gasteiger partial charge in [-0.3, -0.25) is 14.6 Å². The Balaban J connectivity index is 3.51. The van der Waals surface area contributed by atoms with Crippen LogP contribution in [0, 0.1) is 0 Å². The predicted octanol–water partition coefficient (Wildman–Crippen LogP) is -1.25. The van der Waals surface area contributed by atoms with E-state index in [0.717, 1.165) is 25.5 Å². The van der Waals surface area contributed by atoms with Gasteiger partial charge in [-0.15, -0.1) is 0 Å². The van der Waals surface area contributed by atoms with Gasteiger partial charge < -0.3 is 32.6 Å². The number of nitrogens with zero attached hydrogens (tertiary/aromatic N) is 1. The van der Waals surface area contributed by atoms with Crippen molar-refractivity contribution in [2.24, 2.45) is 22.2 Å². The Labute approximate surface area is 142 Å². The molecule has 9 heteroatoms. The summed E-state index contributed by atoms with van der Waals surface area (Å²) in [6.45, 7) is 1.72. The average molecular weight is 342 g/mol. The topological polar surface area (TPSA) is 166 Å². The summed E-state index contributed by atoms with van der Waals surface area (Å²) in [5.41, 5.74) is 15.4. The van der Waals surface area contributed by atoms with Crippen LogP contribution in [0.1, 0.15) is 44.9 Å². The fourth-order valence-electron chi connectivity index (χ4n) is 1.99. The summed E-state index contributed by atoms with van der Waals surface area (Å²) in [6.07, 6.45) is 5.11. The first kappa shape index (κ1) is 21.8. The van der Waals surface area contributed by atoms with Crippen molar-refractivity contribution in [1.82, 2.24) is 10.6 Å². The summed E-state index contributed by atoms with van der Waals surface area (Å²) in [5.74, 6) is -0.339. The first-order valence-corrected chi connectivity index (χ1v) is 8.24. The van der Waals surface area contributed by atoms with Crippen molar-refractivity contribution in [2.45, 2.75) is 51.0 Å². The van der Waals surface area contributed by atoms with Crippen molar-refractivity contribution < 1.29 is 14.4 Å². The molecule has 0 aliphatic heterocycles. The lowest BCUT2D eigenvalue weighted by molar-refractivity contribution is -0.121. The molecule has 0 aliphatic carbocycles. The molecule has 138 valence electrons. The molecule has 0 rings (SSSR count). The Bertz CT molecular complexity index is 410. The molecule has 1 unspecified atom stereocenters. The van der Waals surface area contributed by atoms with Crippen molar-refractivity contribution in [2.75, 3.05) is 19.6 Å². The summed E-state index contributed by atoms with van der Waals surface area (Å²) in [5, 5.41) is 5.87. The number of unbranched alkanes of at least 4 members (excludes halogenated alkanes) is 2. The number of amides is 2. The molecule has 0 saturated heterocycles. The Morgan fingerprint density at radius 1 is 1.00 bits per heavy atom. The molecule has 0 radical (unpaired) electrons. The first-order chi connectivity index (χ1) is 11.5. The summed E-state index contributed by atoms with van der Waals surface area (Å²) in [6, 6.07) is -0.342. The van der Waals surface area contributed by atoms with Gasteiger partial charge in [0.1, 0.15) is 6.29 Å². The lowest BCUT2D eigenvalue weighted by Gasteiger charge is -2.11. The van der Waals surface area contributed by atoms with Gasteiger partial charge in [0.25, 0.3) is 0 Å². The predicted molar refractivity (Wildman–Crippen MR) is 93.1 cm³/mol. The molecule has 0 aromatic rings. The van der Waals surface area contributed by atoms with E-state index in [4.69, 9.17) is 17.2 Å². The second-order valence-corrected chi connectivity index (χ2v) is 5.52. The third-order valence-corrected chi connectivity index (χ3v) is 3.30. The molecule has 0 aromatic heterocycles. The molecule has 0 aliphatic rings. The smallest absolute Gasteiger partial charge is 0.219 e. The molecule has 0 saturated carbocycles. The average Bonchev–Trinajstić information content (AvgIpc) is 2.52. The maximum atomic E-state index is 11.6. The van der Waals surface area contributed by atoms with Gasteiger partial charge in [-0.25, -0.2) is 0 Å². The third-order valence-electron chi connectivity index (χ3n) is 3.30. The van der Waals surface area contributed by atoms with Crippen LogP contribution in [0.2, 0.25) is 0 Å². The normalized spacial score (nSPS) is 11.5. The van der Waals surface area contributed by atoms with Crippen LogP contribution in [0.3, 0.4) is 0 Å². The van der Waals surface area contributed by atoms with E-state index in [0.29, 0.717) is 38.9 Å². The van der Waals surface area contributed by atoms with Crippen LogP contribution in [-0.2, 0) is 14.4 Å². The second kappa shape index (κ2) is 14.4. The Hall–Kier alpha value is -2.16. The molecule has 1 atom stereocenters. The largest absolute Gasteiger partial charge is 0.370 e. The van der Waals surface area contributed by atoms with Gasteiger partial charge in [-0.2, -0.15) is 0 Å². The Kier molecular flexibility index (Phi) is 13.1. The highest BCUT2D eigenvalue weighted by Gasteiger charge is 2.07. The van der Waals surface area contributed by atoms with Gasteiger partial charge in [0, 0.05) is 25.9 Å². The zero-order chi connectivity index (χ0) is 18.2. The van der Waals surface area contributed by atoms with Gasteiger partial charge in [0.05, 0.1) is 6.04 Å². The molecule has 9 nitrogen and oxygen atoms in total. The lowest BCUT2D eigenvalue weighted by Crippen LogP contribution is -2.32. The molecule has 24 heavy (non-hydrogen) atoms. The van der Waals surface area contributed by atoms with E-state index in [1.165, 1.54) is 0 Å². The van der Waals surface area contributed by atoms with Crippen LogP contribution in [0.5, 0.6) is 0 Å². The van der Waals surface area contributed by atoms with Gasteiger partial charge in [-0.05, 0) is 32.2 Å². The number of nitrogens with one attached hydrogen (secondary N) is 2. The monoisotopic (exact) mass is 342 g/mol. The summed E-state index contributed by atoms with van der Waals surface area (Å²) in [4.78, 5) is 36.9. The van der Waals surface area contributed by atoms with E-state index in [9.17, 15) is 14.4 Å². The van der Waals surface area contributed by atoms with Crippen LogP contribution < -0.4 is 27.8 Å². The number of aliphatic imine (C=N–C) groups is 1. The zero-order valence-electron chi connectivity index (χ0n) is 14.1. The van der Waals surface area contributed by atoms with Gasteiger partial charge in [-0.1, -0.05) is 6.42 Å².